The van der Waals surface area contributed by atoms with Gasteiger partial charge in [-0.25, -0.2) is 9.97 Å². The summed E-state index contributed by atoms with van der Waals surface area (Å²) in [5, 5.41) is 0.524. The standard InChI is InChI=1S/C19H17ClN2O3S/c1-3-25-19(23)16(12-7-5-4-6-8-12)26-18-17(24-2)21-15-11-13(20)9-10-14(15)22-18/h4-11,16H,3H2,1-2H3. The smallest absolute Gasteiger partial charge is 0.324 e. The molecule has 7 heteroatoms. The second kappa shape index (κ2) is 8.38. The van der Waals surface area contributed by atoms with E-state index in [0.29, 0.717) is 33.6 Å². The van der Waals surface area contributed by atoms with Crippen LogP contribution in [0.1, 0.15) is 17.7 Å². The fourth-order valence-electron chi connectivity index (χ4n) is 2.41. The fraction of sp³-hybridized carbons (Fsp3) is 0.211. The largest absolute Gasteiger partial charge is 0.479 e. The molecule has 5 nitrogen and oxygen atoms in total. The molecule has 0 N–H and O–H groups in total. The van der Waals surface area contributed by atoms with Gasteiger partial charge in [-0.1, -0.05) is 53.7 Å². The quantitative estimate of drug-likeness (QED) is 0.451. The van der Waals surface area contributed by atoms with E-state index in [4.69, 9.17) is 21.1 Å². The number of carbonyl (C=O) groups is 1. The summed E-state index contributed by atoms with van der Waals surface area (Å²) in [5.41, 5.74) is 2.13. The molecule has 0 aliphatic heterocycles. The lowest BCUT2D eigenvalue weighted by atomic mass is 10.1. The molecule has 0 radical (unpaired) electrons. The van der Waals surface area contributed by atoms with Gasteiger partial charge in [0, 0.05) is 5.02 Å². The predicted octanol–water partition coefficient (Wildman–Crippen LogP) is 4.69. The van der Waals surface area contributed by atoms with Crippen molar-refractivity contribution in [3.8, 4) is 5.88 Å². The number of thioether (sulfide) groups is 1. The van der Waals surface area contributed by atoms with Crippen molar-refractivity contribution in [2.75, 3.05) is 13.7 Å². The van der Waals surface area contributed by atoms with E-state index in [1.807, 2.05) is 30.3 Å². The summed E-state index contributed by atoms with van der Waals surface area (Å²) in [4.78, 5) is 21.6. The van der Waals surface area contributed by atoms with Crippen LogP contribution in [0.2, 0.25) is 5.02 Å². The van der Waals surface area contributed by atoms with Gasteiger partial charge in [-0.05, 0) is 30.7 Å². The maximum Gasteiger partial charge on any atom is 0.324 e. The zero-order valence-electron chi connectivity index (χ0n) is 14.3. The molecule has 0 bridgehead atoms. The van der Waals surface area contributed by atoms with Crippen LogP contribution >= 0.6 is 23.4 Å². The van der Waals surface area contributed by atoms with Crippen molar-refractivity contribution in [2.45, 2.75) is 17.2 Å². The minimum atomic E-state index is -0.566. The van der Waals surface area contributed by atoms with E-state index in [1.165, 1.54) is 18.9 Å². The zero-order chi connectivity index (χ0) is 18.5. The number of nitrogens with zero attached hydrogens (tertiary/aromatic N) is 2. The first-order chi connectivity index (χ1) is 12.6. The van der Waals surface area contributed by atoms with Crippen molar-refractivity contribution in [1.29, 1.82) is 0 Å². The van der Waals surface area contributed by atoms with Gasteiger partial charge >= 0.3 is 5.97 Å². The topological polar surface area (TPSA) is 61.3 Å². The molecule has 0 aliphatic rings. The van der Waals surface area contributed by atoms with Crippen LogP contribution in [0.5, 0.6) is 5.88 Å². The molecular formula is C19H17ClN2O3S. The van der Waals surface area contributed by atoms with Crippen LogP contribution in [0.25, 0.3) is 11.0 Å². The molecule has 1 aromatic heterocycles. The Bertz CT molecular complexity index is 921. The lowest BCUT2D eigenvalue weighted by molar-refractivity contribution is -0.142. The molecule has 3 aromatic rings. The van der Waals surface area contributed by atoms with Gasteiger partial charge in [0.05, 0.1) is 24.8 Å². The van der Waals surface area contributed by atoms with Gasteiger partial charge in [0.2, 0.25) is 5.88 Å². The molecule has 0 amide bonds. The van der Waals surface area contributed by atoms with Crippen molar-refractivity contribution >= 4 is 40.4 Å². The molecular weight excluding hydrogens is 372 g/mol. The molecule has 0 saturated heterocycles. The lowest BCUT2D eigenvalue weighted by Gasteiger charge is -2.16. The Morgan fingerprint density at radius 3 is 2.62 bits per heavy atom. The molecule has 0 spiro atoms. The van der Waals surface area contributed by atoms with Gasteiger partial charge in [-0.2, -0.15) is 0 Å². The maximum absolute atomic E-state index is 12.5. The number of esters is 1. The molecule has 1 heterocycles. The van der Waals surface area contributed by atoms with E-state index in [0.717, 1.165) is 5.56 Å². The van der Waals surface area contributed by atoms with Crippen molar-refractivity contribution < 1.29 is 14.3 Å². The third-order valence-electron chi connectivity index (χ3n) is 3.59. The first-order valence-electron chi connectivity index (χ1n) is 8.02. The number of hydrogen-bond acceptors (Lipinski definition) is 6. The Kier molecular flexibility index (Phi) is 5.96. The van der Waals surface area contributed by atoms with E-state index in [-0.39, 0.29) is 5.97 Å². The third kappa shape index (κ3) is 4.08. The number of aromatic nitrogens is 2. The first kappa shape index (κ1) is 18.5. The highest BCUT2D eigenvalue weighted by atomic mass is 35.5. The van der Waals surface area contributed by atoms with E-state index in [2.05, 4.69) is 9.97 Å². The van der Waals surface area contributed by atoms with Gasteiger partial charge < -0.3 is 9.47 Å². The van der Waals surface area contributed by atoms with Crippen molar-refractivity contribution in [3.63, 3.8) is 0 Å². The number of hydrogen-bond donors (Lipinski definition) is 0. The Labute approximate surface area is 160 Å². The normalized spacial score (nSPS) is 12.0. The van der Waals surface area contributed by atoms with E-state index in [1.54, 1.807) is 25.1 Å². The maximum atomic E-state index is 12.5. The summed E-state index contributed by atoms with van der Waals surface area (Å²) >= 11 is 7.27. The van der Waals surface area contributed by atoms with E-state index in [9.17, 15) is 4.79 Å². The average Bonchev–Trinajstić information content (AvgIpc) is 2.66. The predicted molar refractivity (Wildman–Crippen MR) is 103 cm³/mol. The minimum absolute atomic E-state index is 0.307. The monoisotopic (exact) mass is 388 g/mol. The van der Waals surface area contributed by atoms with Gasteiger partial charge in [0.15, 0.2) is 5.03 Å². The number of methoxy groups -OCH3 is 1. The fourth-order valence-corrected chi connectivity index (χ4v) is 3.64. The Morgan fingerprint density at radius 1 is 1.15 bits per heavy atom. The Morgan fingerprint density at radius 2 is 1.92 bits per heavy atom. The number of benzene rings is 2. The molecule has 26 heavy (non-hydrogen) atoms. The summed E-state index contributed by atoms with van der Waals surface area (Å²) in [6, 6.07) is 14.7. The van der Waals surface area contributed by atoms with Crippen LogP contribution < -0.4 is 4.74 Å². The number of halogens is 1. The van der Waals surface area contributed by atoms with E-state index < -0.39 is 5.25 Å². The number of carbonyl (C=O) groups excluding carboxylic acids is 1. The summed E-state index contributed by atoms with van der Waals surface area (Å²) in [6.45, 7) is 2.09. The van der Waals surface area contributed by atoms with Crippen LogP contribution in [-0.2, 0) is 9.53 Å². The van der Waals surface area contributed by atoms with Crippen molar-refractivity contribution in [2.24, 2.45) is 0 Å². The van der Waals surface area contributed by atoms with Crippen LogP contribution in [0.4, 0.5) is 0 Å². The van der Waals surface area contributed by atoms with Gasteiger partial charge in [0.25, 0.3) is 0 Å². The number of fused-ring (bicyclic) bond motifs is 1. The summed E-state index contributed by atoms with van der Waals surface area (Å²) in [7, 11) is 1.52. The summed E-state index contributed by atoms with van der Waals surface area (Å²) in [6.07, 6.45) is 0. The molecule has 0 aliphatic carbocycles. The van der Waals surface area contributed by atoms with Gasteiger partial charge in [0.1, 0.15) is 5.25 Å². The van der Waals surface area contributed by atoms with Crippen LogP contribution in [0.3, 0.4) is 0 Å². The van der Waals surface area contributed by atoms with Crippen LogP contribution in [-0.4, -0.2) is 29.7 Å². The average molecular weight is 389 g/mol. The lowest BCUT2D eigenvalue weighted by Crippen LogP contribution is -2.13. The SMILES string of the molecule is CCOC(=O)C(Sc1nc2ccc(Cl)cc2nc1OC)c1ccccc1. The van der Waals surface area contributed by atoms with Gasteiger partial charge in [-0.15, -0.1) is 0 Å². The molecule has 3 rings (SSSR count). The second-order valence-corrected chi connectivity index (χ2v) is 6.86. The molecule has 0 fully saturated rings. The highest BCUT2D eigenvalue weighted by Crippen LogP contribution is 2.39. The first-order valence-corrected chi connectivity index (χ1v) is 9.27. The van der Waals surface area contributed by atoms with Gasteiger partial charge in [-0.3, -0.25) is 4.79 Å². The summed E-state index contributed by atoms with van der Waals surface area (Å²) < 4.78 is 10.6. The molecule has 134 valence electrons. The van der Waals surface area contributed by atoms with Crippen LogP contribution in [0, 0.1) is 0 Å². The zero-order valence-corrected chi connectivity index (χ0v) is 15.9. The van der Waals surface area contributed by atoms with E-state index >= 15 is 0 Å². The number of ether oxygens (including phenoxy) is 2. The Hall–Kier alpha value is -2.31. The van der Waals surface area contributed by atoms with Crippen molar-refractivity contribution in [3.05, 3.63) is 59.1 Å². The molecule has 2 aromatic carbocycles. The third-order valence-corrected chi connectivity index (χ3v) is 5.01. The van der Waals surface area contributed by atoms with Crippen LogP contribution in [0.15, 0.2) is 53.6 Å². The molecule has 0 saturated carbocycles. The minimum Gasteiger partial charge on any atom is -0.479 e. The highest BCUT2D eigenvalue weighted by Gasteiger charge is 2.26. The Balaban J connectivity index is 2.02. The molecule has 1 unspecified atom stereocenters. The number of rotatable bonds is 6. The molecule has 1 atom stereocenters. The second-order valence-electron chi connectivity index (χ2n) is 5.33. The highest BCUT2D eigenvalue weighted by molar-refractivity contribution is 8.00. The van der Waals surface area contributed by atoms with Crippen molar-refractivity contribution in [1.82, 2.24) is 9.97 Å². The summed E-state index contributed by atoms with van der Waals surface area (Å²) in [5.74, 6) is 0.0127.